The highest BCUT2D eigenvalue weighted by Gasteiger charge is 2.24. The predicted molar refractivity (Wildman–Crippen MR) is 168 cm³/mol. The molecular weight excluding hydrogens is 522 g/mol. The van der Waals surface area contributed by atoms with Gasteiger partial charge in [-0.05, 0) is 88.8 Å². The van der Waals surface area contributed by atoms with Gasteiger partial charge >= 0.3 is 5.97 Å². The lowest BCUT2D eigenvalue weighted by Crippen LogP contribution is -2.13. The lowest BCUT2D eigenvalue weighted by atomic mass is 9.88. The summed E-state index contributed by atoms with van der Waals surface area (Å²) in [4.78, 5) is 11.4. The minimum Gasteiger partial charge on any atom is -0.494 e. The number of para-hydroxylation sites is 1. The molecular formula is C37H33NO4. The maximum absolute atomic E-state index is 11.4. The highest BCUT2D eigenvalue weighted by Crippen LogP contribution is 2.37. The van der Waals surface area contributed by atoms with Crippen LogP contribution < -0.4 is 14.8 Å². The minimum absolute atomic E-state index is 0.0158. The summed E-state index contributed by atoms with van der Waals surface area (Å²) in [5.41, 5.74) is 6.62. The molecule has 1 aliphatic heterocycles. The van der Waals surface area contributed by atoms with Crippen LogP contribution in [0.1, 0.15) is 51.6 Å². The third-order valence-corrected chi connectivity index (χ3v) is 7.84. The van der Waals surface area contributed by atoms with Crippen LogP contribution >= 0.6 is 0 Å². The van der Waals surface area contributed by atoms with E-state index in [0.717, 1.165) is 56.8 Å². The number of nitrogens with one attached hydrogen (secondary N) is 1. The molecule has 6 rings (SSSR count). The standard InChI is InChI=1S/C37H33NO4/c1-3-41-33-19-16-28-21-30(13-12-29(28)22-33)34(20-25-8-10-27(11-9-25)37(39)40)24(2)38-32-17-14-26(15-18-32)36-23-31-6-4-5-7-35(31)42-36/h4-19,21-22,34,36,38H,2-3,20,23H2,1H3,(H,39,40). The second-order valence-electron chi connectivity index (χ2n) is 10.7. The Kier molecular flexibility index (Phi) is 7.65. The van der Waals surface area contributed by atoms with Gasteiger partial charge in [-0.3, -0.25) is 0 Å². The highest BCUT2D eigenvalue weighted by molar-refractivity contribution is 5.87. The summed E-state index contributed by atoms with van der Waals surface area (Å²) >= 11 is 0. The van der Waals surface area contributed by atoms with E-state index >= 15 is 0 Å². The van der Waals surface area contributed by atoms with Gasteiger partial charge in [0.05, 0.1) is 12.2 Å². The second kappa shape index (κ2) is 11.8. The molecule has 2 N–H and O–H groups in total. The highest BCUT2D eigenvalue weighted by atomic mass is 16.5. The van der Waals surface area contributed by atoms with Gasteiger partial charge in [0, 0.05) is 23.7 Å². The first kappa shape index (κ1) is 27.2. The number of hydrogen-bond donors (Lipinski definition) is 2. The number of anilines is 1. The Labute approximate surface area is 246 Å². The monoisotopic (exact) mass is 555 g/mol. The molecule has 5 aromatic carbocycles. The lowest BCUT2D eigenvalue weighted by molar-refractivity contribution is 0.0697. The first-order valence-electron chi connectivity index (χ1n) is 14.3. The number of fused-ring (bicyclic) bond motifs is 2. The molecule has 1 heterocycles. The van der Waals surface area contributed by atoms with Crippen molar-refractivity contribution < 1.29 is 19.4 Å². The number of hydrogen-bond acceptors (Lipinski definition) is 4. The van der Waals surface area contributed by atoms with Gasteiger partial charge in [-0.25, -0.2) is 4.79 Å². The largest absolute Gasteiger partial charge is 0.494 e. The third kappa shape index (κ3) is 5.86. The fraction of sp³-hybridized carbons (Fsp3) is 0.162. The van der Waals surface area contributed by atoms with E-state index in [9.17, 15) is 9.90 Å². The molecule has 0 amide bonds. The van der Waals surface area contributed by atoms with E-state index in [1.54, 1.807) is 12.1 Å². The summed E-state index contributed by atoms with van der Waals surface area (Å²) < 4.78 is 11.9. The molecule has 0 radical (unpaired) electrons. The van der Waals surface area contributed by atoms with Gasteiger partial charge in [0.1, 0.15) is 17.6 Å². The Morgan fingerprint density at radius 3 is 2.43 bits per heavy atom. The lowest BCUT2D eigenvalue weighted by Gasteiger charge is -2.23. The molecule has 0 fully saturated rings. The Morgan fingerprint density at radius 2 is 1.69 bits per heavy atom. The van der Waals surface area contributed by atoms with E-state index in [0.29, 0.717) is 13.0 Å². The minimum atomic E-state index is -0.930. The van der Waals surface area contributed by atoms with Crippen LogP contribution in [0, 0.1) is 0 Å². The van der Waals surface area contributed by atoms with E-state index in [4.69, 9.17) is 9.47 Å². The Morgan fingerprint density at radius 1 is 0.952 bits per heavy atom. The number of carboxylic acids is 1. The molecule has 2 unspecified atom stereocenters. The molecule has 42 heavy (non-hydrogen) atoms. The molecule has 5 aromatic rings. The van der Waals surface area contributed by atoms with Gasteiger partial charge < -0.3 is 19.9 Å². The van der Waals surface area contributed by atoms with Crippen LogP contribution in [0.2, 0.25) is 0 Å². The summed E-state index contributed by atoms with van der Waals surface area (Å²) in [6, 6.07) is 36.2. The van der Waals surface area contributed by atoms with Gasteiger partial charge in [-0.1, -0.05) is 73.3 Å². The zero-order chi connectivity index (χ0) is 29.1. The Hall–Kier alpha value is -5.03. The topological polar surface area (TPSA) is 67.8 Å². The molecule has 0 aliphatic carbocycles. The average Bonchev–Trinajstić information content (AvgIpc) is 3.45. The number of rotatable bonds is 10. The molecule has 210 valence electrons. The number of carbonyl (C=O) groups is 1. The molecule has 5 heteroatoms. The van der Waals surface area contributed by atoms with Crippen molar-refractivity contribution in [3.63, 3.8) is 0 Å². The fourth-order valence-electron chi connectivity index (χ4n) is 5.60. The van der Waals surface area contributed by atoms with Gasteiger partial charge in [-0.15, -0.1) is 0 Å². The summed E-state index contributed by atoms with van der Waals surface area (Å²) in [5, 5.41) is 15.1. The number of aromatic carboxylic acids is 1. The molecule has 0 spiro atoms. The SMILES string of the molecule is C=C(Nc1ccc(C2Cc3ccccc3O2)cc1)C(Cc1ccc(C(=O)O)cc1)c1ccc2cc(OCC)ccc2c1. The van der Waals surface area contributed by atoms with E-state index in [-0.39, 0.29) is 17.6 Å². The summed E-state index contributed by atoms with van der Waals surface area (Å²) in [6.07, 6.45) is 1.55. The maximum Gasteiger partial charge on any atom is 0.335 e. The molecule has 5 nitrogen and oxygen atoms in total. The van der Waals surface area contributed by atoms with E-state index in [1.165, 1.54) is 5.56 Å². The number of allylic oxidation sites excluding steroid dienone is 1. The smallest absolute Gasteiger partial charge is 0.335 e. The molecule has 2 atom stereocenters. The third-order valence-electron chi connectivity index (χ3n) is 7.84. The first-order chi connectivity index (χ1) is 20.5. The van der Waals surface area contributed by atoms with Crippen LogP contribution in [0.3, 0.4) is 0 Å². The van der Waals surface area contributed by atoms with E-state index in [2.05, 4.69) is 72.6 Å². The number of ether oxygens (including phenoxy) is 2. The van der Waals surface area contributed by atoms with Crippen LogP contribution in [0.25, 0.3) is 10.8 Å². The quantitative estimate of drug-likeness (QED) is 0.181. The molecule has 0 aromatic heterocycles. The summed E-state index contributed by atoms with van der Waals surface area (Å²) in [7, 11) is 0. The average molecular weight is 556 g/mol. The second-order valence-corrected chi connectivity index (χ2v) is 10.7. The zero-order valence-electron chi connectivity index (χ0n) is 23.5. The first-order valence-corrected chi connectivity index (χ1v) is 14.3. The van der Waals surface area contributed by atoms with Crippen LogP contribution in [0.4, 0.5) is 5.69 Å². The van der Waals surface area contributed by atoms with Crippen molar-refractivity contribution in [2.45, 2.75) is 31.8 Å². The Balaban J connectivity index is 1.24. The van der Waals surface area contributed by atoms with Crippen LogP contribution in [-0.4, -0.2) is 17.7 Å². The molecule has 1 aliphatic rings. The predicted octanol–water partition coefficient (Wildman–Crippen LogP) is 8.57. The maximum atomic E-state index is 11.4. The van der Waals surface area contributed by atoms with Crippen LogP contribution in [0.15, 0.2) is 121 Å². The van der Waals surface area contributed by atoms with Gasteiger partial charge in [0.25, 0.3) is 0 Å². The van der Waals surface area contributed by atoms with Gasteiger partial charge in [0.15, 0.2) is 0 Å². The van der Waals surface area contributed by atoms with Gasteiger partial charge in [0.2, 0.25) is 0 Å². The number of carboxylic acid groups (broad SMARTS) is 1. The number of benzene rings is 5. The van der Waals surface area contributed by atoms with Crippen molar-refractivity contribution in [2.75, 3.05) is 11.9 Å². The van der Waals surface area contributed by atoms with Crippen LogP contribution in [-0.2, 0) is 12.8 Å². The normalized spacial score (nSPS) is 14.5. The van der Waals surface area contributed by atoms with E-state index < -0.39 is 5.97 Å². The summed E-state index contributed by atoms with van der Waals surface area (Å²) in [6.45, 7) is 7.07. The van der Waals surface area contributed by atoms with E-state index in [1.807, 2.05) is 43.3 Å². The molecule has 0 bridgehead atoms. The van der Waals surface area contributed by atoms with Crippen molar-refractivity contribution in [2.24, 2.45) is 0 Å². The van der Waals surface area contributed by atoms with Crippen LogP contribution in [0.5, 0.6) is 11.5 Å². The van der Waals surface area contributed by atoms with Crippen molar-refractivity contribution in [3.8, 4) is 11.5 Å². The van der Waals surface area contributed by atoms with Crippen molar-refractivity contribution in [1.82, 2.24) is 0 Å². The molecule has 0 saturated carbocycles. The van der Waals surface area contributed by atoms with Crippen molar-refractivity contribution in [1.29, 1.82) is 0 Å². The fourth-order valence-corrected chi connectivity index (χ4v) is 5.60. The van der Waals surface area contributed by atoms with Gasteiger partial charge in [-0.2, -0.15) is 0 Å². The summed E-state index contributed by atoms with van der Waals surface area (Å²) in [5.74, 6) is 0.834. The van der Waals surface area contributed by atoms with Crippen molar-refractivity contribution in [3.05, 3.63) is 149 Å². The Bertz CT molecular complexity index is 1720. The molecule has 0 saturated heterocycles. The zero-order valence-corrected chi connectivity index (χ0v) is 23.5. The van der Waals surface area contributed by atoms with Crippen molar-refractivity contribution >= 4 is 22.4 Å².